The van der Waals surface area contributed by atoms with E-state index in [0.29, 0.717) is 17.6 Å². The Kier molecular flexibility index (Phi) is 3.52. The van der Waals surface area contributed by atoms with Crippen molar-refractivity contribution in [3.8, 4) is 11.1 Å². The minimum atomic E-state index is 0.0962. The SMILES string of the molecule is CN1CC2CCC(C1)N2C(=O)c1cnc2[nH]cc(-c3ccc4ncnn4c3)c2c1. The van der Waals surface area contributed by atoms with Gasteiger partial charge in [-0.3, -0.25) is 4.79 Å². The number of aromatic amines is 1. The van der Waals surface area contributed by atoms with Crippen molar-refractivity contribution in [1.29, 1.82) is 0 Å². The lowest BCUT2D eigenvalue weighted by atomic mass is 10.1. The van der Waals surface area contributed by atoms with Gasteiger partial charge in [-0.25, -0.2) is 14.5 Å². The third-order valence-electron chi connectivity index (χ3n) is 6.26. The van der Waals surface area contributed by atoms with Gasteiger partial charge >= 0.3 is 0 Å². The molecule has 0 spiro atoms. The number of hydrogen-bond donors (Lipinski definition) is 1. The lowest BCUT2D eigenvalue weighted by molar-refractivity contribution is 0.0472. The van der Waals surface area contributed by atoms with Crippen molar-refractivity contribution in [2.75, 3.05) is 20.1 Å². The van der Waals surface area contributed by atoms with Crippen molar-refractivity contribution < 1.29 is 4.79 Å². The molecule has 2 atom stereocenters. The number of pyridine rings is 2. The molecule has 8 nitrogen and oxygen atoms in total. The Balaban J connectivity index is 1.40. The summed E-state index contributed by atoms with van der Waals surface area (Å²) in [6.07, 6.45) is 9.29. The summed E-state index contributed by atoms with van der Waals surface area (Å²) in [5.74, 6) is 0.0962. The zero-order chi connectivity index (χ0) is 19.5. The van der Waals surface area contributed by atoms with Crippen molar-refractivity contribution in [1.82, 2.24) is 34.4 Å². The van der Waals surface area contributed by atoms with Crippen molar-refractivity contribution in [2.45, 2.75) is 24.9 Å². The van der Waals surface area contributed by atoms with Gasteiger partial charge in [0.1, 0.15) is 12.0 Å². The number of fused-ring (bicyclic) bond motifs is 4. The Morgan fingerprint density at radius 3 is 2.83 bits per heavy atom. The summed E-state index contributed by atoms with van der Waals surface area (Å²) < 4.78 is 1.75. The van der Waals surface area contributed by atoms with Crippen LogP contribution >= 0.6 is 0 Å². The standard InChI is InChI=1S/C21H21N7O/c1-26-10-15-3-4-16(11-26)28(15)21(29)14-6-17-18(8-23-20(17)22-7-14)13-2-5-19-24-12-25-27(19)9-13/h2,5-9,12,15-16H,3-4,10-11H2,1H3,(H,22,23). The first kappa shape index (κ1) is 16.7. The number of hydrogen-bond acceptors (Lipinski definition) is 5. The van der Waals surface area contributed by atoms with Gasteiger partial charge in [0.15, 0.2) is 5.65 Å². The highest BCUT2D eigenvalue weighted by atomic mass is 16.2. The van der Waals surface area contributed by atoms with Crippen LogP contribution in [0.2, 0.25) is 0 Å². The molecule has 0 saturated carbocycles. The predicted octanol–water partition coefficient (Wildman–Crippen LogP) is 2.19. The van der Waals surface area contributed by atoms with Gasteiger partial charge in [0, 0.05) is 60.3 Å². The summed E-state index contributed by atoms with van der Waals surface area (Å²) in [4.78, 5) is 29.7. The number of likely N-dealkylation sites (tertiary alicyclic amines) is 1. The van der Waals surface area contributed by atoms with Crippen molar-refractivity contribution >= 4 is 22.6 Å². The third-order valence-corrected chi connectivity index (χ3v) is 6.26. The van der Waals surface area contributed by atoms with Crippen molar-refractivity contribution in [3.05, 3.63) is 48.7 Å². The van der Waals surface area contributed by atoms with E-state index in [-0.39, 0.29) is 5.91 Å². The molecule has 2 fully saturated rings. The monoisotopic (exact) mass is 387 g/mol. The minimum absolute atomic E-state index is 0.0962. The van der Waals surface area contributed by atoms with E-state index in [1.807, 2.05) is 30.6 Å². The first-order valence-corrected chi connectivity index (χ1v) is 9.95. The smallest absolute Gasteiger partial charge is 0.256 e. The highest BCUT2D eigenvalue weighted by Gasteiger charge is 2.41. The molecule has 2 unspecified atom stereocenters. The molecule has 4 aromatic rings. The zero-order valence-corrected chi connectivity index (χ0v) is 16.1. The van der Waals surface area contributed by atoms with E-state index in [1.165, 1.54) is 6.33 Å². The van der Waals surface area contributed by atoms with Crippen molar-refractivity contribution in [2.24, 2.45) is 0 Å². The van der Waals surface area contributed by atoms with E-state index < -0.39 is 0 Å². The van der Waals surface area contributed by atoms with Crippen LogP contribution in [0.4, 0.5) is 0 Å². The van der Waals surface area contributed by atoms with Crippen molar-refractivity contribution in [3.63, 3.8) is 0 Å². The maximum atomic E-state index is 13.4. The molecule has 1 N–H and O–H groups in total. The normalized spacial score (nSPS) is 22.0. The average molecular weight is 387 g/mol. The molecule has 4 aromatic heterocycles. The zero-order valence-electron chi connectivity index (χ0n) is 16.1. The summed E-state index contributed by atoms with van der Waals surface area (Å²) in [6, 6.07) is 6.54. The molecule has 2 bridgehead atoms. The number of likely N-dealkylation sites (N-methyl/N-ethyl adjacent to an activating group) is 1. The number of rotatable bonds is 2. The molecular weight excluding hydrogens is 366 g/mol. The Labute approximate surface area is 167 Å². The molecule has 0 aliphatic carbocycles. The van der Waals surface area contributed by atoms with E-state index in [4.69, 9.17) is 0 Å². The van der Waals surface area contributed by atoms with Crippen LogP contribution in [-0.2, 0) is 0 Å². The number of amides is 1. The average Bonchev–Trinajstić information content (AvgIpc) is 3.42. The quantitative estimate of drug-likeness (QED) is 0.570. The Morgan fingerprint density at radius 2 is 2.00 bits per heavy atom. The summed E-state index contributed by atoms with van der Waals surface area (Å²) in [6.45, 7) is 1.90. The molecule has 2 saturated heterocycles. The molecule has 29 heavy (non-hydrogen) atoms. The van der Waals surface area contributed by atoms with E-state index in [1.54, 1.807) is 10.7 Å². The van der Waals surface area contributed by atoms with E-state index >= 15 is 0 Å². The van der Waals surface area contributed by atoms with Crippen LogP contribution in [0.5, 0.6) is 0 Å². The first-order valence-electron chi connectivity index (χ1n) is 9.95. The molecule has 8 heteroatoms. The summed E-state index contributed by atoms with van der Waals surface area (Å²) in [5.41, 5.74) is 4.23. The highest BCUT2D eigenvalue weighted by Crippen LogP contribution is 2.33. The van der Waals surface area contributed by atoms with Gasteiger partial charge in [-0.1, -0.05) is 0 Å². The van der Waals surface area contributed by atoms with E-state index in [2.05, 4.69) is 36.9 Å². The van der Waals surface area contributed by atoms with Gasteiger partial charge < -0.3 is 14.8 Å². The predicted molar refractivity (Wildman–Crippen MR) is 109 cm³/mol. The number of carbonyl (C=O) groups is 1. The molecule has 6 rings (SSSR count). The Morgan fingerprint density at radius 1 is 1.17 bits per heavy atom. The van der Waals surface area contributed by atoms with Gasteiger partial charge in [-0.05, 0) is 38.1 Å². The number of H-pyrrole nitrogens is 1. The van der Waals surface area contributed by atoms with Crippen LogP contribution in [0, 0.1) is 0 Å². The lowest BCUT2D eigenvalue weighted by Crippen LogP contribution is -2.54. The summed E-state index contributed by atoms with van der Waals surface area (Å²) in [7, 11) is 2.14. The van der Waals surface area contributed by atoms with Crippen LogP contribution in [-0.4, -0.2) is 72.5 Å². The van der Waals surface area contributed by atoms with Crippen LogP contribution in [0.25, 0.3) is 27.8 Å². The molecule has 146 valence electrons. The highest BCUT2D eigenvalue weighted by molar-refractivity contribution is 6.01. The number of nitrogens with zero attached hydrogens (tertiary/aromatic N) is 6. The molecule has 0 aromatic carbocycles. The second-order valence-corrected chi connectivity index (χ2v) is 8.12. The molecule has 1 amide bonds. The van der Waals surface area contributed by atoms with Gasteiger partial charge in [-0.15, -0.1) is 0 Å². The topological polar surface area (TPSA) is 82.4 Å². The minimum Gasteiger partial charge on any atom is -0.346 e. The molecular formula is C21H21N7O. The van der Waals surface area contributed by atoms with Crippen LogP contribution < -0.4 is 0 Å². The summed E-state index contributed by atoms with van der Waals surface area (Å²) >= 11 is 0. The lowest BCUT2D eigenvalue weighted by Gasteiger charge is -2.39. The van der Waals surface area contributed by atoms with Crippen LogP contribution in [0.3, 0.4) is 0 Å². The fourth-order valence-corrected chi connectivity index (χ4v) is 4.93. The second-order valence-electron chi connectivity index (χ2n) is 8.12. The maximum absolute atomic E-state index is 13.4. The number of nitrogens with one attached hydrogen (secondary N) is 1. The fraction of sp³-hybridized carbons (Fsp3) is 0.333. The summed E-state index contributed by atoms with van der Waals surface area (Å²) in [5, 5.41) is 5.16. The first-order chi connectivity index (χ1) is 14.2. The van der Waals surface area contributed by atoms with Gasteiger partial charge in [0.05, 0.1) is 5.56 Å². The molecule has 2 aliphatic heterocycles. The number of carbonyl (C=O) groups excluding carboxylic acids is 1. The Bertz CT molecular complexity index is 1230. The number of piperazine rings is 1. The van der Waals surface area contributed by atoms with Gasteiger partial charge in [-0.2, -0.15) is 5.10 Å². The second kappa shape index (κ2) is 6.12. The number of aromatic nitrogens is 5. The van der Waals surface area contributed by atoms with E-state index in [0.717, 1.165) is 53.7 Å². The van der Waals surface area contributed by atoms with Crippen LogP contribution in [0.1, 0.15) is 23.2 Å². The third kappa shape index (κ3) is 2.56. The molecule has 2 aliphatic rings. The largest absolute Gasteiger partial charge is 0.346 e. The van der Waals surface area contributed by atoms with Gasteiger partial charge in [0.25, 0.3) is 5.91 Å². The van der Waals surface area contributed by atoms with Gasteiger partial charge in [0.2, 0.25) is 0 Å². The molecule has 0 radical (unpaired) electrons. The Hall–Kier alpha value is -3.26. The van der Waals surface area contributed by atoms with E-state index in [9.17, 15) is 4.79 Å². The van der Waals surface area contributed by atoms with Crippen LogP contribution in [0.15, 0.2) is 43.1 Å². The molecule has 6 heterocycles. The maximum Gasteiger partial charge on any atom is 0.256 e. The fourth-order valence-electron chi connectivity index (χ4n) is 4.93.